The molecule has 2 aromatic rings. The van der Waals surface area contributed by atoms with Gasteiger partial charge < -0.3 is 10.1 Å². The summed E-state index contributed by atoms with van der Waals surface area (Å²) < 4.78 is 6.47. The molecular weight excluding hydrogens is 394 g/mol. The number of hydrogen-bond acceptors (Lipinski definition) is 5. The number of ketones is 1. The third kappa shape index (κ3) is 4.57. The van der Waals surface area contributed by atoms with E-state index in [1.54, 1.807) is 25.1 Å². The number of carbonyl (C=O) groups excluding carboxylic acids is 2. The van der Waals surface area contributed by atoms with Crippen LogP contribution in [0.3, 0.4) is 0 Å². The molecule has 1 aliphatic carbocycles. The lowest BCUT2D eigenvalue weighted by Crippen LogP contribution is -2.33. The molecule has 152 valence electrons. The van der Waals surface area contributed by atoms with Crippen LogP contribution in [-0.4, -0.2) is 34.5 Å². The van der Waals surface area contributed by atoms with Crippen LogP contribution >= 0.6 is 11.6 Å². The zero-order valence-corrected chi connectivity index (χ0v) is 16.9. The summed E-state index contributed by atoms with van der Waals surface area (Å²) in [5.74, 6) is 0.667. The number of carbonyl (C=O) groups is 2. The zero-order valence-electron chi connectivity index (χ0n) is 16.1. The molecule has 1 aromatic heterocycles. The largest absolute Gasteiger partial charge is 0.381 e. The van der Waals surface area contributed by atoms with Gasteiger partial charge in [-0.15, -0.1) is 0 Å². The molecule has 7 nitrogen and oxygen atoms in total. The fourth-order valence-electron chi connectivity index (χ4n) is 3.34. The fraction of sp³-hybridized carbons (Fsp3) is 0.429. The molecule has 29 heavy (non-hydrogen) atoms. The molecule has 1 amide bonds. The van der Waals surface area contributed by atoms with Crippen molar-refractivity contribution in [2.75, 3.05) is 18.5 Å². The smallest absolute Gasteiger partial charge is 0.254 e. The molecule has 2 fully saturated rings. The Hall–Kier alpha value is -2.51. The maximum Gasteiger partial charge on any atom is 0.254 e. The van der Waals surface area contributed by atoms with Gasteiger partial charge in [0.15, 0.2) is 5.78 Å². The minimum absolute atomic E-state index is 0.000335. The van der Waals surface area contributed by atoms with Crippen LogP contribution in [0.1, 0.15) is 25.1 Å². The number of rotatable bonds is 7. The van der Waals surface area contributed by atoms with Gasteiger partial charge in [-0.2, -0.15) is 0 Å². The van der Waals surface area contributed by atoms with Gasteiger partial charge in [0, 0.05) is 34.9 Å². The van der Waals surface area contributed by atoms with Crippen LogP contribution in [0.5, 0.6) is 0 Å². The van der Waals surface area contributed by atoms with Gasteiger partial charge in [0.2, 0.25) is 5.91 Å². The van der Waals surface area contributed by atoms with Crippen molar-refractivity contribution in [1.29, 1.82) is 0 Å². The van der Waals surface area contributed by atoms with Crippen molar-refractivity contribution in [3.63, 3.8) is 0 Å². The first kappa shape index (κ1) is 19.8. The van der Waals surface area contributed by atoms with Crippen LogP contribution in [0.4, 0.5) is 5.69 Å². The first-order valence-electron chi connectivity index (χ1n) is 9.69. The average molecular weight is 416 g/mol. The number of nitrogens with one attached hydrogen (secondary N) is 1. The molecule has 0 unspecified atom stereocenters. The normalized spacial score (nSPS) is 16.3. The molecule has 0 bridgehead atoms. The lowest BCUT2D eigenvalue weighted by Gasteiger charge is -2.25. The Bertz CT molecular complexity index is 1030. The molecule has 0 spiro atoms. The van der Waals surface area contributed by atoms with Crippen LogP contribution in [0.15, 0.2) is 29.1 Å². The Labute approximate surface area is 173 Å². The number of Topliss-reactive ketones (excluding diaryl/α,β-unsaturated/α-hetero) is 1. The average Bonchev–Trinajstić information content (AvgIpc) is 3.46. The van der Waals surface area contributed by atoms with Gasteiger partial charge in [0.05, 0.1) is 31.1 Å². The highest BCUT2D eigenvalue weighted by atomic mass is 35.5. The lowest BCUT2D eigenvalue weighted by atomic mass is 10.0. The minimum atomic E-state index is -0.305. The monoisotopic (exact) mass is 415 g/mol. The minimum Gasteiger partial charge on any atom is -0.381 e. The molecular formula is C21H22ClN3O4. The third-order valence-electron chi connectivity index (χ3n) is 5.22. The van der Waals surface area contributed by atoms with Crippen molar-refractivity contribution < 1.29 is 14.3 Å². The van der Waals surface area contributed by atoms with Gasteiger partial charge in [-0.05, 0) is 38.0 Å². The van der Waals surface area contributed by atoms with Crippen LogP contribution in [0, 0.1) is 18.8 Å². The number of amides is 1. The predicted molar refractivity (Wildman–Crippen MR) is 109 cm³/mol. The number of benzene rings is 1. The maximum atomic E-state index is 12.7. The molecule has 4 rings (SSSR count). The molecule has 8 heteroatoms. The Morgan fingerprint density at radius 3 is 2.66 bits per heavy atom. The molecule has 1 aliphatic heterocycles. The van der Waals surface area contributed by atoms with Crippen molar-refractivity contribution in [1.82, 2.24) is 9.55 Å². The number of ether oxygens (including phenoxy) is 1. The van der Waals surface area contributed by atoms with E-state index in [2.05, 4.69) is 10.3 Å². The van der Waals surface area contributed by atoms with E-state index in [0.717, 1.165) is 12.8 Å². The Morgan fingerprint density at radius 1 is 1.28 bits per heavy atom. The van der Waals surface area contributed by atoms with Crippen molar-refractivity contribution in [3.8, 4) is 11.3 Å². The summed E-state index contributed by atoms with van der Waals surface area (Å²) in [5, 5.41) is 3.38. The highest BCUT2D eigenvalue weighted by Crippen LogP contribution is 2.33. The van der Waals surface area contributed by atoms with Crippen molar-refractivity contribution in [2.45, 2.75) is 32.7 Å². The molecule has 1 aromatic carbocycles. The molecule has 2 aliphatic rings. The van der Waals surface area contributed by atoms with E-state index in [0.29, 0.717) is 47.4 Å². The highest BCUT2D eigenvalue weighted by molar-refractivity contribution is 6.31. The van der Waals surface area contributed by atoms with Gasteiger partial charge in [0.1, 0.15) is 5.82 Å². The number of hydrogen-bond donors (Lipinski definition) is 1. The number of aryl methyl sites for hydroxylation is 1. The quantitative estimate of drug-likeness (QED) is 0.750. The summed E-state index contributed by atoms with van der Waals surface area (Å²) in [7, 11) is 0. The van der Waals surface area contributed by atoms with Gasteiger partial charge in [-0.25, -0.2) is 4.98 Å². The summed E-state index contributed by atoms with van der Waals surface area (Å²) in [4.78, 5) is 41.7. The van der Waals surface area contributed by atoms with Crippen molar-refractivity contribution >= 4 is 29.0 Å². The van der Waals surface area contributed by atoms with Crippen LogP contribution in [0.25, 0.3) is 11.3 Å². The van der Waals surface area contributed by atoms with E-state index in [4.69, 9.17) is 16.3 Å². The maximum absolute atomic E-state index is 12.7. The standard InChI is InChI=1S/C21H22ClN3O4/c1-12-23-19(8-20(27)25(12)9-16(26)6-13-10-29-11-13)17-5-4-15(22)7-18(17)24-21(28)14-2-3-14/h4-5,7-8,13-14H,2-3,6,9-11H2,1H3,(H,24,28). The first-order chi connectivity index (χ1) is 13.9. The number of nitrogens with zero attached hydrogens (tertiary/aromatic N) is 2. The molecule has 0 atom stereocenters. The summed E-state index contributed by atoms with van der Waals surface area (Å²) in [5.41, 5.74) is 1.28. The second-order valence-electron chi connectivity index (χ2n) is 7.71. The number of anilines is 1. The van der Waals surface area contributed by atoms with Crippen LogP contribution in [0.2, 0.25) is 5.02 Å². The van der Waals surface area contributed by atoms with Gasteiger partial charge >= 0.3 is 0 Å². The lowest BCUT2D eigenvalue weighted by molar-refractivity contribution is -0.125. The Balaban J connectivity index is 1.59. The van der Waals surface area contributed by atoms with E-state index in [-0.39, 0.29) is 35.6 Å². The third-order valence-corrected chi connectivity index (χ3v) is 5.46. The second kappa shape index (κ2) is 8.08. The topological polar surface area (TPSA) is 90.3 Å². The first-order valence-corrected chi connectivity index (χ1v) is 10.1. The highest BCUT2D eigenvalue weighted by Gasteiger charge is 2.30. The SMILES string of the molecule is Cc1nc(-c2ccc(Cl)cc2NC(=O)C2CC2)cc(=O)n1CC(=O)CC1COC1. The Kier molecular flexibility index (Phi) is 5.52. The summed E-state index contributed by atoms with van der Waals surface area (Å²) in [6.07, 6.45) is 2.18. The molecule has 1 N–H and O–H groups in total. The van der Waals surface area contributed by atoms with Gasteiger partial charge in [-0.1, -0.05) is 11.6 Å². The van der Waals surface area contributed by atoms with E-state index in [9.17, 15) is 14.4 Å². The summed E-state index contributed by atoms with van der Waals surface area (Å²) in [6, 6.07) is 6.47. The number of aromatic nitrogens is 2. The molecule has 2 heterocycles. The molecule has 0 radical (unpaired) electrons. The zero-order chi connectivity index (χ0) is 20.5. The Morgan fingerprint density at radius 2 is 2.03 bits per heavy atom. The van der Waals surface area contributed by atoms with Crippen molar-refractivity contribution in [3.05, 3.63) is 45.5 Å². The van der Waals surface area contributed by atoms with E-state index < -0.39 is 0 Å². The van der Waals surface area contributed by atoms with Gasteiger partial charge in [0.25, 0.3) is 5.56 Å². The van der Waals surface area contributed by atoms with Crippen LogP contribution < -0.4 is 10.9 Å². The van der Waals surface area contributed by atoms with Crippen molar-refractivity contribution in [2.24, 2.45) is 11.8 Å². The number of halogens is 1. The van der Waals surface area contributed by atoms with E-state index >= 15 is 0 Å². The fourth-order valence-corrected chi connectivity index (χ4v) is 3.51. The summed E-state index contributed by atoms with van der Waals surface area (Å²) >= 11 is 6.10. The van der Waals surface area contributed by atoms with Crippen LogP contribution in [-0.2, 0) is 20.9 Å². The van der Waals surface area contributed by atoms with E-state index in [1.807, 2.05) is 0 Å². The molecule has 1 saturated carbocycles. The second-order valence-corrected chi connectivity index (χ2v) is 8.15. The molecule has 1 saturated heterocycles. The summed E-state index contributed by atoms with van der Waals surface area (Å²) in [6.45, 7) is 2.90. The van der Waals surface area contributed by atoms with Gasteiger partial charge in [-0.3, -0.25) is 19.0 Å². The predicted octanol–water partition coefficient (Wildman–Crippen LogP) is 2.83. The van der Waals surface area contributed by atoms with E-state index in [1.165, 1.54) is 10.6 Å².